The Morgan fingerprint density at radius 1 is 1.26 bits per heavy atom. The van der Waals surface area contributed by atoms with Crippen molar-refractivity contribution in [3.8, 4) is 0 Å². The summed E-state index contributed by atoms with van der Waals surface area (Å²) in [7, 11) is 0. The van der Waals surface area contributed by atoms with Gasteiger partial charge in [0.1, 0.15) is 5.82 Å². The molecular formula is C15H15BrFNO. The first-order valence-electron chi connectivity index (χ1n) is 6.00. The first-order valence-corrected chi connectivity index (χ1v) is 6.79. The van der Waals surface area contributed by atoms with Gasteiger partial charge >= 0.3 is 0 Å². The molecule has 100 valence electrons. The molecule has 0 spiro atoms. The molecule has 0 fully saturated rings. The normalized spacial score (nSPS) is 12.2. The van der Waals surface area contributed by atoms with Crippen molar-refractivity contribution in [3.05, 3.63) is 63.9 Å². The smallest absolute Gasteiger partial charge is 0.129 e. The van der Waals surface area contributed by atoms with Gasteiger partial charge in [-0.15, -0.1) is 0 Å². The highest BCUT2D eigenvalue weighted by atomic mass is 79.9. The largest absolute Gasteiger partial charge is 0.394 e. The number of aryl methyl sites for hydroxylation is 1. The molecule has 0 amide bonds. The van der Waals surface area contributed by atoms with Crippen LogP contribution in [0.25, 0.3) is 0 Å². The summed E-state index contributed by atoms with van der Waals surface area (Å²) < 4.78 is 14.6. The number of nitrogens with one attached hydrogen (secondary N) is 1. The molecule has 2 N–H and O–H groups in total. The second-order valence-electron chi connectivity index (χ2n) is 4.36. The van der Waals surface area contributed by atoms with E-state index in [9.17, 15) is 9.50 Å². The molecule has 2 nitrogen and oxygen atoms in total. The predicted molar refractivity (Wildman–Crippen MR) is 78.7 cm³/mol. The Morgan fingerprint density at radius 2 is 2.00 bits per heavy atom. The summed E-state index contributed by atoms with van der Waals surface area (Å²) in [6.07, 6.45) is 0. The van der Waals surface area contributed by atoms with Crippen LogP contribution in [0.15, 0.2) is 46.9 Å². The van der Waals surface area contributed by atoms with E-state index in [0.717, 1.165) is 11.3 Å². The van der Waals surface area contributed by atoms with Crippen LogP contribution in [-0.4, -0.2) is 11.7 Å². The van der Waals surface area contributed by atoms with E-state index in [1.54, 1.807) is 12.1 Å². The lowest BCUT2D eigenvalue weighted by molar-refractivity contribution is 0.274. The SMILES string of the molecule is Cc1ccccc1NC(CO)c1ccc(Br)cc1F. The van der Waals surface area contributed by atoms with E-state index in [2.05, 4.69) is 21.2 Å². The van der Waals surface area contributed by atoms with E-state index >= 15 is 0 Å². The molecule has 2 rings (SSSR count). The van der Waals surface area contributed by atoms with Gasteiger partial charge in [0.05, 0.1) is 12.6 Å². The highest BCUT2D eigenvalue weighted by Crippen LogP contribution is 2.25. The third kappa shape index (κ3) is 3.33. The zero-order valence-electron chi connectivity index (χ0n) is 10.5. The lowest BCUT2D eigenvalue weighted by Crippen LogP contribution is -2.16. The quantitative estimate of drug-likeness (QED) is 0.889. The summed E-state index contributed by atoms with van der Waals surface area (Å²) in [4.78, 5) is 0. The average Bonchev–Trinajstić information content (AvgIpc) is 2.39. The molecule has 0 saturated heterocycles. The lowest BCUT2D eigenvalue weighted by atomic mass is 10.1. The first kappa shape index (κ1) is 14.0. The molecule has 0 aliphatic heterocycles. The third-order valence-electron chi connectivity index (χ3n) is 3.00. The fraction of sp³-hybridized carbons (Fsp3) is 0.200. The number of para-hydroxylation sites is 1. The summed E-state index contributed by atoms with van der Waals surface area (Å²) in [5.41, 5.74) is 2.40. The molecule has 19 heavy (non-hydrogen) atoms. The second-order valence-corrected chi connectivity index (χ2v) is 5.28. The number of hydrogen-bond acceptors (Lipinski definition) is 2. The highest BCUT2D eigenvalue weighted by Gasteiger charge is 2.15. The molecule has 0 saturated carbocycles. The molecule has 4 heteroatoms. The summed E-state index contributed by atoms with van der Waals surface area (Å²) in [5, 5.41) is 12.7. The molecule has 1 unspecified atom stereocenters. The minimum Gasteiger partial charge on any atom is -0.394 e. The van der Waals surface area contributed by atoms with E-state index in [4.69, 9.17) is 0 Å². The van der Waals surface area contributed by atoms with Crippen LogP contribution in [0.4, 0.5) is 10.1 Å². The topological polar surface area (TPSA) is 32.3 Å². The van der Waals surface area contributed by atoms with E-state index < -0.39 is 6.04 Å². The Morgan fingerprint density at radius 3 is 2.63 bits per heavy atom. The van der Waals surface area contributed by atoms with Gasteiger partial charge in [-0.2, -0.15) is 0 Å². The lowest BCUT2D eigenvalue weighted by Gasteiger charge is -2.20. The van der Waals surface area contributed by atoms with Crippen molar-refractivity contribution < 1.29 is 9.50 Å². The Hall–Kier alpha value is -1.39. The average molecular weight is 324 g/mol. The minimum atomic E-state index is -0.464. The van der Waals surface area contributed by atoms with Crippen molar-refractivity contribution >= 4 is 21.6 Å². The number of hydrogen-bond donors (Lipinski definition) is 2. The Balaban J connectivity index is 2.28. The number of halogens is 2. The van der Waals surface area contributed by atoms with Gasteiger partial charge in [-0.1, -0.05) is 40.2 Å². The van der Waals surface area contributed by atoms with Crippen molar-refractivity contribution in [1.29, 1.82) is 0 Å². The fourth-order valence-electron chi connectivity index (χ4n) is 1.93. The highest BCUT2D eigenvalue weighted by molar-refractivity contribution is 9.10. The zero-order valence-corrected chi connectivity index (χ0v) is 12.1. The molecule has 2 aromatic carbocycles. The van der Waals surface area contributed by atoms with Crippen LogP contribution in [-0.2, 0) is 0 Å². The predicted octanol–water partition coefficient (Wildman–Crippen LogP) is 4.04. The van der Waals surface area contributed by atoms with Crippen molar-refractivity contribution in [3.63, 3.8) is 0 Å². The monoisotopic (exact) mass is 323 g/mol. The van der Waals surface area contributed by atoms with E-state index in [0.29, 0.717) is 10.0 Å². The van der Waals surface area contributed by atoms with Gasteiger partial charge in [-0.3, -0.25) is 0 Å². The Labute approximate surface area is 120 Å². The summed E-state index contributed by atoms with van der Waals surface area (Å²) >= 11 is 3.22. The van der Waals surface area contributed by atoms with Gasteiger partial charge in [0.15, 0.2) is 0 Å². The van der Waals surface area contributed by atoms with Crippen LogP contribution in [0.3, 0.4) is 0 Å². The molecule has 2 aromatic rings. The molecule has 0 aromatic heterocycles. The van der Waals surface area contributed by atoms with Crippen LogP contribution in [0, 0.1) is 12.7 Å². The van der Waals surface area contributed by atoms with Gasteiger partial charge in [-0.05, 0) is 30.7 Å². The first-order chi connectivity index (χ1) is 9.11. The van der Waals surface area contributed by atoms with Gasteiger partial charge in [-0.25, -0.2) is 4.39 Å². The van der Waals surface area contributed by atoms with Crippen LogP contribution >= 0.6 is 15.9 Å². The second kappa shape index (κ2) is 6.17. The van der Waals surface area contributed by atoms with Crippen LogP contribution in [0.1, 0.15) is 17.2 Å². The fourth-order valence-corrected chi connectivity index (χ4v) is 2.26. The molecule has 0 bridgehead atoms. The van der Waals surface area contributed by atoms with Gasteiger partial charge in [0, 0.05) is 15.7 Å². The molecule has 0 radical (unpaired) electrons. The van der Waals surface area contributed by atoms with Crippen molar-refractivity contribution in [2.75, 3.05) is 11.9 Å². The Bertz CT molecular complexity index is 574. The van der Waals surface area contributed by atoms with Crippen molar-refractivity contribution in [2.24, 2.45) is 0 Å². The summed E-state index contributed by atoms with van der Waals surface area (Å²) in [6.45, 7) is 1.79. The molecular weight excluding hydrogens is 309 g/mol. The number of rotatable bonds is 4. The van der Waals surface area contributed by atoms with E-state index in [1.807, 2.05) is 31.2 Å². The number of aliphatic hydroxyl groups excluding tert-OH is 1. The molecule has 0 heterocycles. The minimum absolute atomic E-state index is 0.174. The van der Waals surface area contributed by atoms with Gasteiger partial charge in [0.2, 0.25) is 0 Å². The number of benzene rings is 2. The van der Waals surface area contributed by atoms with Crippen LogP contribution in [0.5, 0.6) is 0 Å². The third-order valence-corrected chi connectivity index (χ3v) is 3.49. The number of anilines is 1. The molecule has 1 atom stereocenters. The van der Waals surface area contributed by atoms with Crippen LogP contribution in [0.2, 0.25) is 0 Å². The van der Waals surface area contributed by atoms with E-state index in [-0.39, 0.29) is 12.4 Å². The van der Waals surface area contributed by atoms with Crippen molar-refractivity contribution in [1.82, 2.24) is 0 Å². The van der Waals surface area contributed by atoms with Gasteiger partial charge in [0.25, 0.3) is 0 Å². The molecule has 0 aliphatic carbocycles. The maximum Gasteiger partial charge on any atom is 0.129 e. The maximum absolute atomic E-state index is 13.9. The maximum atomic E-state index is 13.9. The van der Waals surface area contributed by atoms with E-state index in [1.165, 1.54) is 6.07 Å². The van der Waals surface area contributed by atoms with Gasteiger partial charge < -0.3 is 10.4 Å². The Kier molecular flexibility index (Phi) is 4.56. The van der Waals surface area contributed by atoms with Crippen molar-refractivity contribution in [2.45, 2.75) is 13.0 Å². The summed E-state index contributed by atoms with van der Waals surface area (Å²) in [6, 6.07) is 12.1. The number of aliphatic hydroxyl groups is 1. The molecule has 0 aliphatic rings. The summed E-state index contributed by atoms with van der Waals surface area (Å²) in [5.74, 6) is -0.338. The zero-order chi connectivity index (χ0) is 13.8. The standard InChI is InChI=1S/C15H15BrFNO/c1-10-4-2-3-5-14(10)18-15(9-19)12-7-6-11(16)8-13(12)17/h2-8,15,18-19H,9H2,1H3. The van der Waals surface area contributed by atoms with Crippen LogP contribution < -0.4 is 5.32 Å².